The molecule has 1 aromatic carbocycles. The number of hydrogen-bond donors (Lipinski definition) is 1. The van der Waals surface area contributed by atoms with Gasteiger partial charge >= 0.3 is 5.97 Å². The summed E-state index contributed by atoms with van der Waals surface area (Å²) in [7, 11) is 1.25. The molecule has 2 heterocycles. The molecule has 0 unspecified atom stereocenters. The van der Waals surface area contributed by atoms with Crippen molar-refractivity contribution in [2.75, 3.05) is 12.8 Å². The number of aromatic nitrogens is 7. The first-order valence-corrected chi connectivity index (χ1v) is 6.99. The van der Waals surface area contributed by atoms with Gasteiger partial charge in [0.1, 0.15) is 11.8 Å². The van der Waals surface area contributed by atoms with E-state index in [-0.39, 0.29) is 33.8 Å². The summed E-state index contributed by atoms with van der Waals surface area (Å²) in [5, 5.41) is 19.0. The Morgan fingerprint density at radius 1 is 1.38 bits per heavy atom. The van der Waals surface area contributed by atoms with E-state index in [1.165, 1.54) is 34.9 Å². The third-order valence-corrected chi connectivity index (χ3v) is 3.52. The predicted molar refractivity (Wildman–Crippen MR) is 82.1 cm³/mol. The minimum Gasteiger partial charge on any atom is -0.465 e. The van der Waals surface area contributed by atoms with Gasteiger partial charge in [-0.05, 0) is 29.5 Å². The zero-order valence-corrected chi connectivity index (χ0v) is 12.9. The van der Waals surface area contributed by atoms with Crippen LogP contribution in [-0.4, -0.2) is 48.3 Å². The quantitative estimate of drug-likeness (QED) is 0.490. The van der Waals surface area contributed by atoms with Gasteiger partial charge in [-0.25, -0.2) is 14.2 Å². The predicted octanol–water partition coefficient (Wildman–Crippen LogP) is -0.592. The second kappa shape index (κ2) is 6.02. The maximum atomic E-state index is 12.6. The topological polar surface area (TPSA) is 144 Å². The standard InChI is InChI=1S/C13H14N8O3/c1-7(5-20-6-15-17-19-20)21-12(22)9-3-10(14)8(13(23)24-2)4-11(9)16-18-21/h3-4,6-7H,5,14H2,1-2H3/t7-/m1/s1. The van der Waals surface area contributed by atoms with Crippen LogP contribution in [0.25, 0.3) is 10.9 Å². The van der Waals surface area contributed by atoms with Crippen molar-refractivity contribution in [1.29, 1.82) is 0 Å². The number of ether oxygens (including phenoxy) is 1. The average molecular weight is 330 g/mol. The maximum absolute atomic E-state index is 12.6. The van der Waals surface area contributed by atoms with E-state index in [9.17, 15) is 9.59 Å². The lowest BCUT2D eigenvalue weighted by atomic mass is 10.1. The number of tetrazole rings is 1. The fraction of sp³-hybridized carbons (Fsp3) is 0.308. The lowest BCUT2D eigenvalue weighted by molar-refractivity contribution is 0.0602. The first-order chi connectivity index (χ1) is 11.5. The second-order valence-electron chi connectivity index (χ2n) is 5.17. The second-order valence-corrected chi connectivity index (χ2v) is 5.17. The van der Waals surface area contributed by atoms with Gasteiger partial charge in [0, 0.05) is 5.69 Å². The van der Waals surface area contributed by atoms with Crippen LogP contribution in [0, 0.1) is 0 Å². The van der Waals surface area contributed by atoms with Gasteiger partial charge in [0.2, 0.25) is 0 Å². The molecule has 0 bridgehead atoms. The highest BCUT2D eigenvalue weighted by molar-refractivity contribution is 5.99. The summed E-state index contributed by atoms with van der Waals surface area (Å²) in [6.45, 7) is 2.14. The number of benzene rings is 1. The molecular weight excluding hydrogens is 316 g/mol. The summed E-state index contributed by atoms with van der Waals surface area (Å²) in [4.78, 5) is 24.3. The Kier molecular flexibility index (Phi) is 3.90. The van der Waals surface area contributed by atoms with Crippen LogP contribution in [0.2, 0.25) is 0 Å². The molecule has 2 aromatic heterocycles. The Hall–Kier alpha value is -3.37. The van der Waals surface area contributed by atoms with Crippen molar-refractivity contribution in [3.05, 3.63) is 34.4 Å². The molecule has 0 spiro atoms. The van der Waals surface area contributed by atoms with Crippen molar-refractivity contribution in [3.63, 3.8) is 0 Å². The Morgan fingerprint density at radius 2 is 2.17 bits per heavy atom. The van der Waals surface area contributed by atoms with Crippen LogP contribution < -0.4 is 11.3 Å². The fourth-order valence-corrected chi connectivity index (χ4v) is 2.31. The van der Waals surface area contributed by atoms with Crippen molar-refractivity contribution in [2.24, 2.45) is 0 Å². The zero-order valence-electron chi connectivity index (χ0n) is 12.9. The smallest absolute Gasteiger partial charge is 0.340 e. The van der Waals surface area contributed by atoms with Gasteiger partial charge < -0.3 is 10.5 Å². The van der Waals surface area contributed by atoms with E-state index in [0.717, 1.165) is 0 Å². The molecule has 0 aliphatic heterocycles. The van der Waals surface area contributed by atoms with E-state index in [1.807, 2.05) is 0 Å². The third kappa shape index (κ3) is 2.66. The number of carbonyl (C=O) groups is 1. The molecule has 11 heteroatoms. The molecule has 1 atom stereocenters. The summed E-state index contributed by atoms with van der Waals surface area (Å²) in [5.41, 5.74) is 6.01. The van der Waals surface area contributed by atoms with Crippen LogP contribution in [0.3, 0.4) is 0 Å². The van der Waals surface area contributed by atoms with Gasteiger partial charge in [-0.2, -0.15) is 0 Å². The van der Waals surface area contributed by atoms with Crippen molar-refractivity contribution < 1.29 is 9.53 Å². The van der Waals surface area contributed by atoms with Crippen molar-refractivity contribution in [2.45, 2.75) is 19.5 Å². The van der Waals surface area contributed by atoms with E-state index in [4.69, 9.17) is 5.73 Å². The van der Waals surface area contributed by atoms with Crippen LogP contribution in [-0.2, 0) is 11.3 Å². The Bertz CT molecular complexity index is 950. The number of methoxy groups -OCH3 is 1. The Balaban J connectivity index is 2.04. The highest BCUT2D eigenvalue weighted by atomic mass is 16.5. The molecule has 0 aliphatic rings. The number of hydrogen-bond acceptors (Lipinski definition) is 9. The van der Waals surface area contributed by atoms with Crippen LogP contribution in [0.1, 0.15) is 23.3 Å². The SMILES string of the molecule is COC(=O)c1cc2nnn([C@H](C)Cn3cnnn3)c(=O)c2cc1N. The van der Waals surface area contributed by atoms with E-state index in [0.29, 0.717) is 6.54 Å². The zero-order chi connectivity index (χ0) is 17.3. The first-order valence-electron chi connectivity index (χ1n) is 6.99. The Labute approximate surface area is 135 Å². The number of nitrogen functional groups attached to an aromatic ring is 1. The number of fused-ring (bicyclic) bond motifs is 1. The van der Waals surface area contributed by atoms with Gasteiger partial charge in [0.25, 0.3) is 5.56 Å². The summed E-state index contributed by atoms with van der Waals surface area (Å²) in [6, 6.07) is 2.46. The van der Waals surface area contributed by atoms with Crippen LogP contribution in [0.5, 0.6) is 0 Å². The summed E-state index contributed by atoms with van der Waals surface area (Å²) in [5.74, 6) is -0.604. The molecular formula is C13H14N8O3. The normalized spacial score (nSPS) is 12.2. The van der Waals surface area contributed by atoms with Crippen molar-refractivity contribution in [3.8, 4) is 0 Å². The minimum atomic E-state index is -0.604. The molecule has 0 amide bonds. The van der Waals surface area contributed by atoms with E-state index >= 15 is 0 Å². The molecule has 0 aliphatic carbocycles. The number of anilines is 1. The third-order valence-electron chi connectivity index (χ3n) is 3.52. The molecule has 0 saturated carbocycles. The van der Waals surface area contributed by atoms with Gasteiger partial charge in [-0.1, -0.05) is 5.21 Å². The average Bonchev–Trinajstić information content (AvgIpc) is 3.07. The first kappa shape index (κ1) is 15.5. The molecule has 0 radical (unpaired) electrons. The van der Waals surface area contributed by atoms with Crippen molar-refractivity contribution in [1.82, 2.24) is 35.2 Å². The largest absolute Gasteiger partial charge is 0.465 e. The summed E-state index contributed by atoms with van der Waals surface area (Å²) < 4.78 is 7.35. The molecule has 0 fully saturated rings. The lowest BCUT2D eigenvalue weighted by Gasteiger charge is -2.13. The van der Waals surface area contributed by atoms with E-state index < -0.39 is 5.97 Å². The maximum Gasteiger partial charge on any atom is 0.340 e. The van der Waals surface area contributed by atoms with Gasteiger partial charge in [0.15, 0.2) is 0 Å². The molecule has 124 valence electrons. The number of nitrogens with two attached hydrogens (primary N) is 1. The summed E-state index contributed by atoms with van der Waals surface area (Å²) in [6.07, 6.45) is 1.44. The molecule has 0 saturated heterocycles. The molecule has 24 heavy (non-hydrogen) atoms. The van der Waals surface area contributed by atoms with Crippen LogP contribution in [0.15, 0.2) is 23.3 Å². The number of carbonyl (C=O) groups excluding carboxylic acids is 1. The number of nitrogens with zero attached hydrogens (tertiary/aromatic N) is 7. The molecule has 2 N–H and O–H groups in total. The van der Waals surface area contributed by atoms with Crippen molar-refractivity contribution >= 4 is 22.6 Å². The van der Waals surface area contributed by atoms with Gasteiger partial charge in [-0.15, -0.1) is 10.2 Å². The van der Waals surface area contributed by atoms with Gasteiger partial charge in [0.05, 0.1) is 30.6 Å². The van der Waals surface area contributed by atoms with Gasteiger partial charge in [-0.3, -0.25) is 4.79 Å². The molecule has 3 rings (SSSR count). The Morgan fingerprint density at radius 3 is 2.83 bits per heavy atom. The van der Waals surface area contributed by atoms with Crippen LogP contribution >= 0.6 is 0 Å². The minimum absolute atomic E-state index is 0.137. The van der Waals surface area contributed by atoms with Crippen LogP contribution in [0.4, 0.5) is 5.69 Å². The number of rotatable bonds is 4. The molecule has 11 nitrogen and oxygen atoms in total. The number of esters is 1. The fourth-order valence-electron chi connectivity index (χ4n) is 2.31. The summed E-state index contributed by atoms with van der Waals surface area (Å²) >= 11 is 0. The highest BCUT2D eigenvalue weighted by Crippen LogP contribution is 2.19. The highest BCUT2D eigenvalue weighted by Gasteiger charge is 2.17. The van der Waals surface area contributed by atoms with E-state index in [2.05, 4.69) is 30.6 Å². The lowest BCUT2D eigenvalue weighted by Crippen LogP contribution is -2.29. The monoisotopic (exact) mass is 330 g/mol. The molecule has 3 aromatic rings. The van der Waals surface area contributed by atoms with E-state index in [1.54, 1.807) is 6.92 Å².